The number of hydrogen-bond donors (Lipinski definition) is 1. The van der Waals surface area contributed by atoms with Crippen molar-refractivity contribution in [2.45, 2.75) is 13.0 Å². The molecule has 0 aliphatic rings. The molecular formula is C9H13BrN2OS. The molecule has 0 aromatic carbocycles. The number of amides is 1. The molecule has 0 fully saturated rings. The van der Waals surface area contributed by atoms with Crippen molar-refractivity contribution in [2.75, 3.05) is 13.6 Å². The van der Waals surface area contributed by atoms with Gasteiger partial charge in [0.2, 0.25) is 5.91 Å². The van der Waals surface area contributed by atoms with Crippen LogP contribution in [0.2, 0.25) is 0 Å². The number of rotatable bonds is 5. The van der Waals surface area contributed by atoms with Crippen LogP contribution in [-0.2, 0) is 11.3 Å². The van der Waals surface area contributed by atoms with Crippen LogP contribution < -0.4 is 5.73 Å². The first-order valence-corrected chi connectivity index (χ1v) is 5.95. The molecule has 0 unspecified atom stereocenters. The Morgan fingerprint density at radius 1 is 1.71 bits per heavy atom. The predicted octanol–water partition coefficient (Wildman–Crippen LogP) is 1.82. The van der Waals surface area contributed by atoms with Crippen molar-refractivity contribution in [1.29, 1.82) is 0 Å². The molecule has 78 valence electrons. The molecule has 1 aromatic rings. The van der Waals surface area contributed by atoms with Crippen molar-refractivity contribution in [1.82, 2.24) is 4.90 Å². The molecule has 0 aliphatic carbocycles. The fraction of sp³-hybridized carbons (Fsp3) is 0.444. The van der Waals surface area contributed by atoms with Gasteiger partial charge in [-0.2, -0.15) is 0 Å². The molecule has 1 aromatic heterocycles. The highest BCUT2D eigenvalue weighted by atomic mass is 79.9. The first-order valence-electron chi connectivity index (χ1n) is 4.27. The number of halogens is 1. The number of carbonyl (C=O) groups excluding carboxylic acids is 1. The van der Waals surface area contributed by atoms with Crippen LogP contribution in [0.5, 0.6) is 0 Å². The molecular weight excluding hydrogens is 264 g/mol. The van der Waals surface area contributed by atoms with E-state index in [1.807, 2.05) is 7.05 Å². The Balaban J connectivity index is 2.33. The van der Waals surface area contributed by atoms with Gasteiger partial charge in [-0.25, -0.2) is 0 Å². The summed E-state index contributed by atoms with van der Waals surface area (Å²) in [6.45, 7) is 1.57. The molecule has 0 aliphatic heterocycles. The van der Waals surface area contributed by atoms with Crippen LogP contribution in [0.25, 0.3) is 0 Å². The van der Waals surface area contributed by atoms with Gasteiger partial charge in [0, 0.05) is 19.5 Å². The van der Waals surface area contributed by atoms with Gasteiger partial charge in [0.1, 0.15) is 0 Å². The van der Waals surface area contributed by atoms with E-state index in [0.717, 1.165) is 10.3 Å². The van der Waals surface area contributed by atoms with E-state index in [9.17, 15) is 4.79 Å². The van der Waals surface area contributed by atoms with E-state index in [1.54, 1.807) is 11.3 Å². The van der Waals surface area contributed by atoms with E-state index in [0.29, 0.717) is 13.0 Å². The van der Waals surface area contributed by atoms with Gasteiger partial charge < -0.3 is 10.6 Å². The van der Waals surface area contributed by atoms with Crippen molar-refractivity contribution >= 4 is 33.2 Å². The van der Waals surface area contributed by atoms with Crippen molar-refractivity contribution in [3.05, 3.63) is 20.8 Å². The summed E-state index contributed by atoms with van der Waals surface area (Å²) in [5, 5.41) is 2.10. The third-order valence-corrected chi connectivity index (χ3v) is 3.37. The van der Waals surface area contributed by atoms with Crippen LogP contribution in [0.1, 0.15) is 12.0 Å². The third kappa shape index (κ3) is 4.21. The largest absolute Gasteiger partial charge is 0.370 e. The van der Waals surface area contributed by atoms with Crippen LogP contribution in [-0.4, -0.2) is 24.4 Å². The minimum absolute atomic E-state index is 0.247. The highest BCUT2D eigenvalue weighted by molar-refractivity contribution is 9.11. The van der Waals surface area contributed by atoms with Crippen molar-refractivity contribution in [3.8, 4) is 0 Å². The molecule has 0 saturated heterocycles. The lowest BCUT2D eigenvalue weighted by Gasteiger charge is -2.14. The van der Waals surface area contributed by atoms with E-state index in [1.165, 1.54) is 5.56 Å². The number of carbonyl (C=O) groups is 1. The summed E-state index contributed by atoms with van der Waals surface area (Å²) < 4.78 is 1.14. The molecule has 0 atom stereocenters. The van der Waals surface area contributed by atoms with E-state index < -0.39 is 0 Å². The zero-order valence-corrected chi connectivity index (χ0v) is 10.4. The topological polar surface area (TPSA) is 46.3 Å². The summed E-state index contributed by atoms with van der Waals surface area (Å²) in [4.78, 5) is 12.6. The Morgan fingerprint density at radius 3 is 2.93 bits per heavy atom. The molecule has 0 bridgehead atoms. The second kappa shape index (κ2) is 5.48. The number of nitrogens with two attached hydrogens (primary N) is 1. The summed E-state index contributed by atoms with van der Waals surface area (Å²) in [5.41, 5.74) is 6.33. The van der Waals surface area contributed by atoms with Crippen LogP contribution in [0.4, 0.5) is 0 Å². The average Bonchev–Trinajstić information content (AvgIpc) is 2.48. The quantitative estimate of drug-likeness (QED) is 0.892. The summed E-state index contributed by atoms with van der Waals surface area (Å²) >= 11 is 5.08. The number of nitrogens with zero attached hydrogens (tertiary/aromatic N) is 1. The zero-order chi connectivity index (χ0) is 10.6. The first kappa shape index (κ1) is 11.7. The van der Waals surface area contributed by atoms with Crippen LogP contribution >= 0.6 is 27.3 Å². The second-order valence-electron chi connectivity index (χ2n) is 3.21. The molecule has 1 heterocycles. The predicted molar refractivity (Wildman–Crippen MR) is 62.2 cm³/mol. The Morgan fingerprint density at radius 2 is 2.43 bits per heavy atom. The summed E-state index contributed by atoms with van der Waals surface area (Å²) in [7, 11) is 1.98. The normalized spacial score (nSPS) is 10.8. The van der Waals surface area contributed by atoms with Crippen LogP contribution in [0, 0.1) is 0 Å². The molecule has 3 nitrogen and oxygen atoms in total. The first-order chi connectivity index (χ1) is 6.58. The molecule has 2 N–H and O–H groups in total. The van der Waals surface area contributed by atoms with Gasteiger partial charge in [0.15, 0.2) is 0 Å². The standard InChI is InChI=1S/C9H13BrN2OS/c1-12(3-2-9(11)13)5-7-4-8(10)14-6-7/h4,6H,2-3,5H2,1H3,(H2,11,13). The fourth-order valence-corrected chi connectivity index (χ4v) is 2.32. The molecule has 0 spiro atoms. The maximum atomic E-state index is 10.6. The smallest absolute Gasteiger partial charge is 0.218 e. The Bertz CT molecular complexity index is 314. The van der Waals surface area contributed by atoms with Crippen molar-refractivity contribution < 1.29 is 4.79 Å². The summed E-state index contributed by atoms with van der Waals surface area (Å²) in [6, 6.07) is 2.09. The average molecular weight is 277 g/mol. The minimum atomic E-state index is -0.247. The Hall–Kier alpha value is -0.390. The molecule has 1 rings (SSSR count). The van der Waals surface area contributed by atoms with Gasteiger partial charge in [-0.3, -0.25) is 4.79 Å². The Kier molecular flexibility index (Phi) is 4.57. The number of primary amides is 1. The van der Waals surface area contributed by atoms with E-state index in [4.69, 9.17) is 5.73 Å². The molecule has 14 heavy (non-hydrogen) atoms. The van der Waals surface area contributed by atoms with Gasteiger partial charge >= 0.3 is 0 Å². The molecule has 0 radical (unpaired) electrons. The fourth-order valence-electron chi connectivity index (χ4n) is 1.12. The van der Waals surface area contributed by atoms with Gasteiger partial charge in [0.25, 0.3) is 0 Å². The van der Waals surface area contributed by atoms with Gasteiger partial charge in [-0.15, -0.1) is 11.3 Å². The number of thiophene rings is 1. The highest BCUT2D eigenvalue weighted by Gasteiger charge is 2.03. The third-order valence-electron chi connectivity index (χ3n) is 1.81. The van der Waals surface area contributed by atoms with E-state index in [-0.39, 0.29) is 5.91 Å². The minimum Gasteiger partial charge on any atom is -0.370 e. The van der Waals surface area contributed by atoms with E-state index in [2.05, 4.69) is 32.3 Å². The van der Waals surface area contributed by atoms with Gasteiger partial charge in [-0.1, -0.05) is 0 Å². The monoisotopic (exact) mass is 276 g/mol. The zero-order valence-electron chi connectivity index (χ0n) is 8.00. The maximum absolute atomic E-state index is 10.6. The van der Waals surface area contributed by atoms with Crippen molar-refractivity contribution in [3.63, 3.8) is 0 Å². The highest BCUT2D eigenvalue weighted by Crippen LogP contribution is 2.21. The second-order valence-corrected chi connectivity index (χ2v) is 5.50. The lowest BCUT2D eigenvalue weighted by atomic mass is 10.3. The van der Waals surface area contributed by atoms with E-state index >= 15 is 0 Å². The van der Waals surface area contributed by atoms with Gasteiger partial charge in [0.05, 0.1) is 3.79 Å². The molecule has 1 amide bonds. The summed E-state index contributed by atoms with van der Waals surface area (Å²) in [5.74, 6) is -0.247. The molecule has 0 saturated carbocycles. The van der Waals surface area contributed by atoms with Crippen molar-refractivity contribution in [2.24, 2.45) is 5.73 Å². The maximum Gasteiger partial charge on any atom is 0.218 e. The van der Waals surface area contributed by atoms with Crippen LogP contribution in [0.15, 0.2) is 15.2 Å². The number of hydrogen-bond acceptors (Lipinski definition) is 3. The Labute approximate surface area is 96.0 Å². The molecule has 5 heteroatoms. The van der Waals surface area contributed by atoms with Crippen LogP contribution in [0.3, 0.4) is 0 Å². The summed E-state index contributed by atoms with van der Waals surface area (Å²) in [6.07, 6.45) is 0.418. The lowest BCUT2D eigenvalue weighted by molar-refractivity contribution is -0.118. The SMILES string of the molecule is CN(CCC(N)=O)Cc1csc(Br)c1. The lowest BCUT2D eigenvalue weighted by Crippen LogP contribution is -2.23. The van der Waals surface area contributed by atoms with Gasteiger partial charge in [-0.05, 0) is 40.0 Å².